The molecule has 0 bridgehead atoms. The molecule has 2 rings (SSSR count). The largest absolute Gasteiger partial charge is 0.324 e. The molecular weight excluding hydrogens is 306 g/mol. The molecule has 1 aromatic heterocycles. The maximum atomic E-state index is 5.84. The van der Waals surface area contributed by atoms with Gasteiger partial charge in [0, 0.05) is 15.4 Å². The van der Waals surface area contributed by atoms with Crippen LogP contribution in [0.25, 0.3) is 0 Å². The smallest absolute Gasteiger partial charge is 0.174 e. The lowest BCUT2D eigenvalue weighted by Gasteiger charge is -2.09. The van der Waals surface area contributed by atoms with Gasteiger partial charge in [-0.25, -0.2) is 4.98 Å². The first-order valence-electron chi connectivity index (χ1n) is 4.66. The Balaban J connectivity index is 2.21. The molecule has 84 valence electrons. The SMILES string of the molecule is C[C@H](N)c1ccc(Sc2ncns2)cc1Br. The molecule has 0 radical (unpaired) electrons. The number of halogens is 1. The molecule has 0 aliphatic heterocycles. The molecule has 0 fully saturated rings. The molecule has 0 saturated carbocycles. The van der Waals surface area contributed by atoms with Gasteiger partial charge in [-0.15, -0.1) is 0 Å². The van der Waals surface area contributed by atoms with E-state index < -0.39 is 0 Å². The Morgan fingerprint density at radius 3 is 2.88 bits per heavy atom. The summed E-state index contributed by atoms with van der Waals surface area (Å²) in [6, 6.07) is 6.19. The summed E-state index contributed by atoms with van der Waals surface area (Å²) in [5, 5.41) is 0. The molecule has 2 aromatic rings. The van der Waals surface area contributed by atoms with Gasteiger partial charge in [0.05, 0.1) is 0 Å². The van der Waals surface area contributed by atoms with Crippen molar-refractivity contribution in [2.45, 2.75) is 22.2 Å². The van der Waals surface area contributed by atoms with Crippen LogP contribution < -0.4 is 5.73 Å². The third-order valence-corrected chi connectivity index (χ3v) is 4.40. The predicted octanol–water partition coefficient (Wildman–Crippen LogP) is 3.47. The van der Waals surface area contributed by atoms with Gasteiger partial charge in [0.15, 0.2) is 4.34 Å². The van der Waals surface area contributed by atoms with Crippen LogP contribution in [0.2, 0.25) is 0 Å². The van der Waals surface area contributed by atoms with Crippen LogP contribution in [0.1, 0.15) is 18.5 Å². The Bertz CT molecular complexity index is 471. The van der Waals surface area contributed by atoms with E-state index in [1.165, 1.54) is 11.5 Å². The van der Waals surface area contributed by atoms with Crippen molar-refractivity contribution in [1.29, 1.82) is 0 Å². The zero-order chi connectivity index (χ0) is 11.5. The summed E-state index contributed by atoms with van der Waals surface area (Å²) in [7, 11) is 0. The van der Waals surface area contributed by atoms with E-state index in [1.807, 2.05) is 13.0 Å². The second-order valence-electron chi connectivity index (χ2n) is 3.28. The summed E-state index contributed by atoms with van der Waals surface area (Å²) < 4.78 is 5.95. The second kappa shape index (κ2) is 5.27. The van der Waals surface area contributed by atoms with Crippen molar-refractivity contribution in [2.75, 3.05) is 0 Å². The third-order valence-electron chi connectivity index (χ3n) is 2.01. The Hall–Kier alpha value is -0.430. The number of hydrogen-bond donors (Lipinski definition) is 1. The van der Waals surface area contributed by atoms with Crippen LogP contribution in [0.4, 0.5) is 0 Å². The fraction of sp³-hybridized carbons (Fsp3) is 0.200. The Kier molecular flexibility index (Phi) is 3.96. The standard InChI is InChI=1S/C10H10BrN3S2/c1-6(12)8-3-2-7(4-9(8)11)15-10-13-5-14-16-10/h2-6H,12H2,1H3/t6-/m0/s1. The molecule has 0 saturated heterocycles. The third kappa shape index (κ3) is 2.82. The number of nitrogens with zero attached hydrogens (tertiary/aromatic N) is 2. The maximum absolute atomic E-state index is 5.84. The minimum Gasteiger partial charge on any atom is -0.324 e. The Morgan fingerprint density at radius 1 is 1.50 bits per heavy atom. The molecule has 1 heterocycles. The number of hydrogen-bond acceptors (Lipinski definition) is 5. The molecule has 0 spiro atoms. The molecule has 0 amide bonds. The van der Waals surface area contributed by atoms with Crippen LogP contribution in [-0.4, -0.2) is 9.36 Å². The van der Waals surface area contributed by atoms with Gasteiger partial charge < -0.3 is 5.73 Å². The number of benzene rings is 1. The highest BCUT2D eigenvalue weighted by Gasteiger charge is 2.07. The van der Waals surface area contributed by atoms with Gasteiger partial charge >= 0.3 is 0 Å². The normalized spacial score (nSPS) is 12.7. The average molecular weight is 316 g/mol. The Labute approximate surface area is 111 Å². The van der Waals surface area contributed by atoms with Crippen LogP contribution in [0.15, 0.2) is 38.2 Å². The van der Waals surface area contributed by atoms with E-state index in [1.54, 1.807) is 18.1 Å². The van der Waals surface area contributed by atoms with E-state index in [-0.39, 0.29) is 6.04 Å². The lowest BCUT2D eigenvalue weighted by molar-refractivity contribution is 0.811. The maximum Gasteiger partial charge on any atom is 0.174 e. The van der Waals surface area contributed by atoms with E-state index in [2.05, 4.69) is 37.4 Å². The van der Waals surface area contributed by atoms with Gasteiger partial charge in [-0.05, 0) is 36.2 Å². The number of aromatic nitrogens is 2. The topological polar surface area (TPSA) is 51.8 Å². The minimum absolute atomic E-state index is 0.0370. The summed E-state index contributed by atoms with van der Waals surface area (Å²) in [5.41, 5.74) is 6.96. The lowest BCUT2D eigenvalue weighted by Crippen LogP contribution is -2.05. The molecule has 2 N–H and O–H groups in total. The highest BCUT2D eigenvalue weighted by atomic mass is 79.9. The summed E-state index contributed by atoms with van der Waals surface area (Å²) in [5.74, 6) is 0. The highest BCUT2D eigenvalue weighted by molar-refractivity contribution is 9.10. The average Bonchev–Trinajstić information content (AvgIpc) is 2.70. The molecule has 0 aliphatic carbocycles. The summed E-state index contributed by atoms with van der Waals surface area (Å²) in [6.45, 7) is 1.97. The first kappa shape index (κ1) is 12.0. The molecular formula is C10H10BrN3S2. The van der Waals surface area contributed by atoms with Gasteiger partial charge in [0.1, 0.15) is 6.33 Å². The second-order valence-corrected chi connectivity index (χ2v) is 6.24. The number of rotatable bonds is 3. The van der Waals surface area contributed by atoms with Crippen molar-refractivity contribution < 1.29 is 0 Å². The van der Waals surface area contributed by atoms with Gasteiger partial charge in [0.25, 0.3) is 0 Å². The molecule has 0 aliphatic rings. The van der Waals surface area contributed by atoms with Crippen LogP contribution in [0.5, 0.6) is 0 Å². The first-order valence-corrected chi connectivity index (χ1v) is 7.04. The highest BCUT2D eigenvalue weighted by Crippen LogP contribution is 2.32. The molecule has 1 atom stereocenters. The first-order chi connectivity index (χ1) is 7.66. The van der Waals surface area contributed by atoms with E-state index in [0.717, 1.165) is 19.3 Å². The van der Waals surface area contributed by atoms with Crippen molar-refractivity contribution in [2.24, 2.45) is 5.73 Å². The fourth-order valence-corrected chi connectivity index (χ4v) is 3.60. The molecule has 3 nitrogen and oxygen atoms in total. The van der Waals surface area contributed by atoms with Gasteiger partial charge in [-0.3, -0.25) is 0 Å². The van der Waals surface area contributed by atoms with Crippen molar-refractivity contribution >= 4 is 39.2 Å². The van der Waals surface area contributed by atoms with Crippen LogP contribution in [-0.2, 0) is 0 Å². The quantitative estimate of drug-likeness (QED) is 0.942. The van der Waals surface area contributed by atoms with E-state index in [9.17, 15) is 0 Å². The molecule has 1 aromatic carbocycles. The lowest BCUT2D eigenvalue weighted by atomic mass is 10.1. The fourth-order valence-electron chi connectivity index (χ4n) is 1.25. The van der Waals surface area contributed by atoms with Crippen molar-refractivity contribution in [1.82, 2.24) is 9.36 Å². The monoisotopic (exact) mass is 315 g/mol. The van der Waals surface area contributed by atoms with E-state index in [4.69, 9.17) is 5.73 Å². The molecule has 6 heteroatoms. The summed E-state index contributed by atoms with van der Waals surface area (Å²) in [6.07, 6.45) is 1.57. The molecule has 0 unspecified atom stereocenters. The van der Waals surface area contributed by atoms with E-state index in [0.29, 0.717) is 0 Å². The van der Waals surface area contributed by atoms with E-state index >= 15 is 0 Å². The van der Waals surface area contributed by atoms with Crippen LogP contribution >= 0.6 is 39.2 Å². The van der Waals surface area contributed by atoms with Crippen LogP contribution in [0, 0.1) is 0 Å². The summed E-state index contributed by atoms with van der Waals surface area (Å²) in [4.78, 5) is 5.26. The van der Waals surface area contributed by atoms with Gasteiger partial charge in [0.2, 0.25) is 0 Å². The predicted molar refractivity (Wildman–Crippen MR) is 70.8 cm³/mol. The number of nitrogens with two attached hydrogens (primary N) is 1. The van der Waals surface area contributed by atoms with Crippen LogP contribution in [0.3, 0.4) is 0 Å². The minimum atomic E-state index is 0.0370. The van der Waals surface area contributed by atoms with Gasteiger partial charge in [-0.2, -0.15) is 4.37 Å². The Morgan fingerprint density at radius 2 is 2.31 bits per heavy atom. The zero-order valence-corrected chi connectivity index (χ0v) is 11.8. The van der Waals surface area contributed by atoms with Crippen molar-refractivity contribution in [3.05, 3.63) is 34.6 Å². The summed E-state index contributed by atoms with van der Waals surface area (Å²) >= 11 is 6.52. The molecule has 16 heavy (non-hydrogen) atoms. The van der Waals surface area contributed by atoms with Crippen molar-refractivity contribution in [3.63, 3.8) is 0 Å². The van der Waals surface area contributed by atoms with Gasteiger partial charge in [-0.1, -0.05) is 33.8 Å². The zero-order valence-electron chi connectivity index (χ0n) is 8.55. The van der Waals surface area contributed by atoms with Crippen molar-refractivity contribution in [3.8, 4) is 0 Å².